The van der Waals surface area contributed by atoms with Crippen LogP contribution < -0.4 is 0 Å². The summed E-state index contributed by atoms with van der Waals surface area (Å²) in [6.07, 6.45) is 5.61. The maximum absolute atomic E-state index is 13.2. The number of benzene rings is 1. The first-order chi connectivity index (χ1) is 11.9. The first kappa shape index (κ1) is 17.3. The summed E-state index contributed by atoms with van der Waals surface area (Å²) in [6.45, 7) is 0. The molecule has 0 aliphatic heterocycles. The van der Waals surface area contributed by atoms with E-state index in [2.05, 4.69) is 15.0 Å². The zero-order valence-electron chi connectivity index (χ0n) is 13.7. The molecule has 7 heteroatoms. The molecule has 0 spiro atoms. The van der Waals surface area contributed by atoms with Gasteiger partial charge < -0.3 is 4.98 Å². The molecule has 0 bridgehead atoms. The number of aromatic nitrogens is 3. The van der Waals surface area contributed by atoms with Gasteiger partial charge in [0.25, 0.3) is 0 Å². The van der Waals surface area contributed by atoms with Gasteiger partial charge in [-0.25, -0.2) is 17.8 Å². The minimum Gasteiger partial charge on any atom is -0.341 e. The lowest BCUT2D eigenvalue weighted by Crippen LogP contribution is -2.04. The fourth-order valence-electron chi connectivity index (χ4n) is 2.59. The number of sulfone groups is 1. The highest BCUT2D eigenvalue weighted by Crippen LogP contribution is 2.30. The van der Waals surface area contributed by atoms with Gasteiger partial charge in [-0.3, -0.25) is 4.98 Å². The molecular weight excluding hydrogens is 341 g/mol. The van der Waals surface area contributed by atoms with E-state index < -0.39 is 9.84 Å². The highest BCUT2D eigenvalue weighted by Gasteiger charge is 2.14. The fourth-order valence-corrected chi connectivity index (χ4v) is 3.26. The van der Waals surface area contributed by atoms with Gasteiger partial charge in [0.1, 0.15) is 21.5 Å². The summed E-state index contributed by atoms with van der Waals surface area (Å²) in [7, 11) is -3.00. The number of imidazole rings is 1. The highest BCUT2D eigenvalue weighted by molar-refractivity contribution is 7.90. The van der Waals surface area contributed by atoms with Gasteiger partial charge in [-0.2, -0.15) is 0 Å². The molecule has 0 radical (unpaired) electrons. The molecule has 3 rings (SSSR count). The Morgan fingerprint density at radius 3 is 2.36 bits per heavy atom. The highest BCUT2D eigenvalue weighted by atomic mass is 32.2. The maximum atomic E-state index is 13.2. The number of H-pyrrole nitrogens is 1. The van der Waals surface area contributed by atoms with Gasteiger partial charge in [-0.05, 0) is 42.8 Å². The molecule has 3 aromatic rings. The Labute approximate surface area is 145 Å². The number of aromatic amines is 1. The van der Waals surface area contributed by atoms with E-state index in [-0.39, 0.29) is 11.6 Å². The normalized spacial score (nSPS) is 11.6. The Morgan fingerprint density at radius 1 is 1.04 bits per heavy atom. The van der Waals surface area contributed by atoms with E-state index in [1.165, 1.54) is 18.4 Å². The van der Waals surface area contributed by atoms with E-state index in [1.807, 2.05) is 12.1 Å². The lowest BCUT2D eigenvalue weighted by Gasteiger charge is -2.02. The average Bonchev–Trinajstić information content (AvgIpc) is 2.99. The van der Waals surface area contributed by atoms with Gasteiger partial charge in [0, 0.05) is 36.2 Å². The topological polar surface area (TPSA) is 75.7 Å². The van der Waals surface area contributed by atoms with E-state index in [4.69, 9.17) is 0 Å². The summed E-state index contributed by atoms with van der Waals surface area (Å²) in [5.41, 5.74) is 3.22. The van der Waals surface area contributed by atoms with Gasteiger partial charge in [-0.1, -0.05) is 0 Å². The SMILES string of the molecule is CS(=O)(=O)CCCc1nc(-c2ccc(F)cc2)c(-c2ccncc2)[nH]1. The van der Waals surface area contributed by atoms with Crippen LogP contribution in [0.5, 0.6) is 0 Å². The van der Waals surface area contributed by atoms with Gasteiger partial charge in [0.15, 0.2) is 0 Å². The van der Waals surface area contributed by atoms with Gasteiger partial charge in [-0.15, -0.1) is 0 Å². The van der Waals surface area contributed by atoms with Gasteiger partial charge in [0.2, 0.25) is 0 Å². The second kappa shape index (κ2) is 7.14. The number of nitrogens with one attached hydrogen (secondary N) is 1. The van der Waals surface area contributed by atoms with Crippen LogP contribution in [0.4, 0.5) is 4.39 Å². The Bertz CT molecular complexity index is 952. The summed E-state index contributed by atoms with van der Waals surface area (Å²) in [4.78, 5) is 11.9. The molecule has 0 saturated heterocycles. The van der Waals surface area contributed by atoms with Crippen molar-refractivity contribution in [2.75, 3.05) is 12.0 Å². The van der Waals surface area contributed by atoms with Crippen molar-refractivity contribution in [1.82, 2.24) is 15.0 Å². The summed E-state index contributed by atoms with van der Waals surface area (Å²) >= 11 is 0. The molecule has 130 valence electrons. The first-order valence-corrected chi connectivity index (χ1v) is 9.91. The lowest BCUT2D eigenvalue weighted by atomic mass is 10.1. The maximum Gasteiger partial charge on any atom is 0.147 e. The third kappa shape index (κ3) is 4.51. The zero-order chi connectivity index (χ0) is 17.9. The Balaban J connectivity index is 1.95. The minimum atomic E-state index is -3.00. The number of hydrogen-bond acceptors (Lipinski definition) is 4. The minimum absolute atomic E-state index is 0.115. The quantitative estimate of drug-likeness (QED) is 0.733. The van der Waals surface area contributed by atoms with Crippen LogP contribution >= 0.6 is 0 Å². The van der Waals surface area contributed by atoms with Crippen molar-refractivity contribution >= 4 is 9.84 Å². The Hall–Kier alpha value is -2.54. The number of rotatable bonds is 6. The van der Waals surface area contributed by atoms with Crippen LogP contribution in [-0.4, -0.2) is 35.4 Å². The molecule has 0 fully saturated rings. The van der Waals surface area contributed by atoms with Crippen molar-refractivity contribution in [1.29, 1.82) is 0 Å². The third-order valence-corrected chi connectivity index (χ3v) is 4.80. The predicted octanol–water partition coefficient (Wildman–Crippen LogP) is 3.26. The molecular formula is C18H18FN3O2S. The molecule has 0 saturated carbocycles. The summed E-state index contributed by atoms with van der Waals surface area (Å²) in [6, 6.07) is 9.86. The lowest BCUT2D eigenvalue weighted by molar-refractivity contribution is 0.598. The molecule has 1 N–H and O–H groups in total. The van der Waals surface area contributed by atoms with Crippen LogP contribution in [0.1, 0.15) is 12.2 Å². The number of hydrogen-bond donors (Lipinski definition) is 1. The first-order valence-electron chi connectivity index (χ1n) is 7.85. The second-order valence-corrected chi connectivity index (χ2v) is 8.14. The van der Waals surface area contributed by atoms with Gasteiger partial charge >= 0.3 is 0 Å². The molecule has 0 unspecified atom stereocenters. The Morgan fingerprint density at radius 2 is 1.72 bits per heavy atom. The largest absolute Gasteiger partial charge is 0.341 e. The van der Waals surface area contributed by atoms with E-state index in [0.29, 0.717) is 24.4 Å². The van der Waals surface area contributed by atoms with Crippen LogP contribution in [0.15, 0.2) is 48.8 Å². The van der Waals surface area contributed by atoms with Crippen LogP contribution in [-0.2, 0) is 16.3 Å². The van der Waals surface area contributed by atoms with Crippen molar-refractivity contribution < 1.29 is 12.8 Å². The fraction of sp³-hybridized carbons (Fsp3) is 0.222. The third-order valence-electron chi connectivity index (χ3n) is 3.77. The van der Waals surface area contributed by atoms with Crippen molar-refractivity contribution in [3.8, 4) is 22.5 Å². The smallest absolute Gasteiger partial charge is 0.147 e. The molecule has 25 heavy (non-hydrogen) atoms. The summed E-state index contributed by atoms with van der Waals surface area (Å²) < 4.78 is 35.8. The number of nitrogens with zero attached hydrogens (tertiary/aromatic N) is 2. The molecule has 0 atom stereocenters. The molecule has 1 aromatic carbocycles. The van der Waals surface area contributed by atoms with Crippen molar-refractivity contribution in [2.45, 2.75) is 12.8 Å². The van der Waals surface area contributed by atoms with Crippen LogP contribution in [0.2, 0.25) is 0 Å². The van der Waals surface area contributed by atoms with E-state index in [1.54, 1.807) is 24.5 Å². The Kier molecular flexibility index (Phi) is 4.94. The molecule has 0 amide bonds. The van der Waals surface area contributed by atoms with Crippen molar-refractivity contribution in [3.05, 3.63) is 60.4 Å². The molecule has 0 aliphatic carbocycles. The van der Waals surface area contributed by atoms with E-state index in [9.17, 15) is 12.8 Å². The summed E-state index contributed by atoms with van der Waals surface area (Å²) in [5.74, 6) is 0.511. The van der Waals surface area contributed by atoms with E-state index in [0.717, 1.165) is 16.8 Å². The van der Waals surface area contributed by atoms with Gasteiger partial charge in [0.05, 0.1) is 17.1 Å². The van der Waals surface area contributed by atoms with Crippen molar-refractivity contribution in [3.63, 3.8) is 0 Å². The molecule has 2 heterocycles. The van der Waals surface area contributed by atoms with Crippen molar-refractivity contribution in [2.24, 2.45) is 0 Å². The predicted molar refractivity (Wildman–Crippen MR) is 95.2 cm³/mol. The molecule has 2 aromatic heterocycles. The number of halogens is 1. The van der Waals surface area contributed by atoms with Crippen LogP contribution in [0.3, 0.4) is 0 Å². The molecule has 5 nitrogen and oxygen atoms in total. The standard InChI is InChI=1S/C18H18FN3O2S/c1-25(23,24)12-2-3-16-21-17(13-4-6-15(19)7-5-13)18(22-16)14-8-10-20-11-9-14/h4-11H,2-3,12H2,1H3,(H,21,22). The zero-order valence-corrected chi connectivity index (χ0v) is 14.6. The second-order valence-electron chi connectivity index (χ2n) is 5.88. The van der Waals surface area contributed by atoms with Crippen LogP contribution in [0, 0.1) is 5.82 Å². The monoisotopic (exact) mass is 359 g/mol. The summed E-state index contributed by atoms with van der Waals surface area (Å²) in [5, 5.41) is 0. The average molecular weight is 359 g/mol. The number of aryl methyl sites for hydroxylation is 1. The number of pyridine rings is 1. The molecule has 0 aliphatic rings. The van der Waals surface area contributed by atoms with Crippen LogP contribution in [0.25, 0.3) is 22.5 Å². The van der Waals surface area contributed by atoms with E-state index >= 15 is 0 Å².